The molecule has 0 N–H and O–H groups in total. The highest BCUT2D eigenvalue weighted by Crippen LogP contribution is 2.29. The van der Waals surface area contributed by atoms with E-state index in [-0.39, 0.29) is 5.56 Å². The van der Waals surface area contributed by atoms with Gasteiger partial charge in [-0.25, -0.2) is 4.68 Å². The minimum atomic E-state index is 0.0944. The van der Waals surface area contributed by atoms with E-state index in [9.17, 15) is 4.79 Å². The Labute approximate surface area is 77.4 Å². The summed E-state index contributed by atoms with van der Waals surface area (Å²) in [6.07, 6.45) is 5.03. The molecule has 0 unspecified atom stereocenters. The van der Waals surface area contributed by atoms with Crippen molar-refractivity contribution in [3.8, 4) is 0 Å². The lowest BCUT2D eigenvalue weighted by Crippen LogP contribution is -2.26. The molecule has 3 nitrogen and oxygen atoms in total. The quantitative estimate of drug-likeness (QED) is 0.697. The predicted molar refractivity (Wildman–Crippen MR) is 50.6 cm³/mol. The molecule has 1 aliphatic carbocycles. The maximum absolute atomic E-state index is 11.7. The molecule has 1 saturated carbocycles. The summed E-state index contributed by atoms with van der Waals surface area (Å²) in [4.78, 5) is 11.7. The van der Waals surface area contributed by atoms with Crippen LogP contribution in [0.1, 0.15) is 25.3 Å². The second-order valence-electron chi connectivity index (χ2n) is 3.64. The van der Waals surface area contributed by atoms with Crippen molar-refractivity contribution < 1.29 is 0 Å². The molecule has 0 atom stereocenters. The van der Waals surface area contributed by atoms with E-state index in [0.717, 1.165) is 18.5 Å². The van der Waals surface area contributed by atoms with Gasteiger partial charge in [-0.1, -0.05) is 6.92 Å². The lowest BCUT2D eigenvalue weighted by atomic mass is 10.2. The molecule has 0 bridgehead atoms. The fourth-order valence-corrected chi connectivity index (χ4v) is 1.44. The van der Waals surface area contributed by atoms with Crippen molar-refractivity contribution in [2.75, 3.05) is 0 Å². The van der Waals surface area contributed by atoms with Gasteiger partial charge in [-0.15, -0.1) is 0 Å². The van der Waals surface area contributed by atoms with Crippen molar-refractivity contribution in [2.45, 2.75) is 32.7 Å². The highest BCUT2D eigenvalue weighted by Gasteiger charge is 2.22. The number of aryl methyl sites for hydroxylation is 1. The van der Waals surface area contributed by atoms with Crippen molar-refractivity contribution in [3.05, 3.63) is 28.2 Å². The van der Waals surface area contributed by atoms with Crippen LogP contribution in [0.5, 0.6) is 0 Å². The fraction of sp³-hybridized carbons (Fsp3) is 0.600. The Morgan fingerprint density at radius 3 is 3.00 bits per heavy atom. The highest BCUT2D eigenvalue weighted by molar-refractivity contribution is 5.06. The molecule has 0 spiro atoms. The zero-order valence-corrected chi connectivity index (χ0v) is 7.86. The third-order valence-corrected chi connectivity index (χ3v) is 2.50. The van der Waals surface area contributed by atoms with Gasteiger partial charge in [-0.05, 0) is 31.2 Å². The van der Waals surface area contributed by atoms with Crippen LogP contribution in [0.15, 0.2) is 17.1 Å². The van der Waals surface area contributed by atoms with Crippen LogP contribution in [0.4, 0.5) is 0 Å². The van der Waals surface area contributed by atoms with E-state index in [1.54, 1.807) is 10.9 Å². The first-order valence-electron chi connectivity index (χ1n) is 4.86. The van der Waals surface area contributed by atoms with E-state index in [1.807, 2.05) is 13.0 Å². The van der Waals surface area contributed by atoms with Gasteiger partial charge < -0.3 is 0 Å². The SMILES string of the molecule is CCc1ccnn(CC2CC2)c1=O. The van der Waals surface area contributed by atoms with Gasteiger partial charge >= 0.3 is 0 Å². The number of hydrogen-bond donors (Lipinski definition) is 0. The number of nitrogens with zero attached hydrogens (tertiary/aromatic N) is 2. The third kappa shape index (κ3) is 1.79. The van der Waals surface area contributed by atoms with E-state index < -0.39 is 0 Å². The van der Waals surface area contributed by atoms with Crippen LogP contribution in [-0.2, 0) is 13.0 Å². The van der Waals surface area contributed by atoms with Crippen molar-refractivity contribution in [1.82, 2.24) is 9.78 Å². The topological polar surface area (TPSA) is 34.9 Å². The highest BCUT2D eigenvalue weighted by atomic mass is 16.1. The Bertz CT molecular complexity index is 352. The van der Waals surface area contributed by atoms with Gasteiger partial charge in [0.25, 0.3) is 5.56 Å². The van der Waals surface area contributed by atoms with E-state index >= 15 is 0 Å². The average Bonchev–Trinajstić information content (AvgIpc) is 2.92. The standard InChI is InChI=1S/C10H14N2O/c1-2-9-5-6-11-12(10(9)13)7-8-3-4-8/h5-6,8H,2-4,7H2,1H3. The van der Waals surface area contributed by atoms with Crippen LogP contribution in [0.2, 0.25) is 0 Å². The number of hydrogen-bond acceptors (Lipinski definition) is 2. The lowest BCUT2D eigenvalue weighted by Gasteiger charge is -2.03. The van der Waals surface area contributed by atoms with E-state index in [0.29, 0.717) is 5.92 Å². The molecule has 0 aliphatic heterocycles. The third-order valence-electron chi connectivity index (χ3n) is 2.50. The van der Waals surface area contributed by atoms with Gasteiger partial charge in [0.2, 0.25) is 0 Å². The predicted octanol–water partition coefficient (Wildman–Crippen LogP) is 1.22. The molecule has 3 heteroatoms. The Morgan fingerprint density at radius 1 is 1.62 bits per heavy atom. The molecule has 70 valence electrons. The van der Waals surface area contributed by atoms with Crippen LogP contribution >= 0.6 is 0 Å². The smallest absolute Gasteiger partial charge is 0.268 e. The van der Waals surface area contributed by atoms with Crippen LogP contribution in [0, 0.1) is 5.92 Å². The maximum Gasteiger partial charge on any atom is 0.269 e. The summed E-state index contributed by atoms with van der Waals surface area (Å²) >= 11 is 0. The number of rotatable bonds is 3. The van der Waals surface area contributed by atoms with Gasteiger partial charge in [-0.2, -0.15) is 5.10 Å². The van der Waals surface area contributed by atoms with Gasteiger partial charge in [0, 0.05) is 18.3 Å². The summed E-state index contributed by atoms with van der Waals surface area (Å²) in [6, 6.07) is 1.81. The lowest BCUT2D eigenvalue weighted by molar-refractivity contribution is 0.529. The van der Waals surface area contributed by atoms with Gasteiger partial charge in [0.05, 0.1) is 0 Å². The Morgan fingerprint density at radius 2 is 2.38 bits per heavy atom. The van der Waals surface area contributed by atoms with Crippen LogP contribution < -0.4 is 5.56 Å². The maximum atomic E-state index is 11.7. The Balaban J connectivity index is 2.28. The molecule has 13 heavy (non-hydrogen) atoms. The molecule has 0 aromatic carbocycles. The zero-order valence-electron chi connectivity index (χ0n) is 7.86. The van der Waals surface area contributed by atoms with Crippen molar-refractivity contribution in [1.29, 1.82) is 0 Å². The van der Waals surface area contributed by atoms with Crippen molar-refractivity contribution >= 4 is 0 Å². The first-order chi connectivity index (χ1) is 6.31. The van der Waals surface area contributed by atoms with Crippen molar-refractivity contribution in [3.63, 3.8) is 0 Å². The molecular weight excluding hydrogens is 164 g/mol. The van der Waals surface area contributed by atoms with E-state index in [4.69, 9.17) is 0 Å². The minimum Gasteiger partial charge on any atom is -0.268 e. The minimum absolute atomic E-state index is 0.0944. The average molecular weight is 178 g/mol. The molecule has 0 amide bonds. The normalized spacial score (nSPS) is 16.1. The van der Waals surface area contributed by atoms with Crippen LogP contribution in [0.3, 0.4) is 0 Å². The molecule has 1 aromatic heterocycles. The van der Waals surface area contributed by atoms with Gasteiger partial charge in [0.15, 0.2) is 0 Å². The molecular formula is C10H14N2O. The summed E-state index contributed by atoms with van der Waals surface area (Å²) in [5.41, 5.74) is 0.965. The monoisotopic (exact) mass is 178 g/mol. The molecule has 1 aromatic rings. The number of aromatic nitrogens is 2. The summed E-state index contributed by atoms with van der Waals surface area (Å²) in [7, 11) is 0. The molecule has 2 rings (SSSR count). The molecule has 0 radical (unpaired) electrons. The summed E-state index contributed by atoms with van der Waals surface area (Å²) in [5.74, 6) is 0.706. The zero-order chi connectivity index (χ0) is 9.26. The summed E-state index contributed by atoms with van der Waals surface area (Å²) < 4.78 is 1.61. The summed E-state index contributed by atoms with van der Waals surface area (Å²) in [6.45, 7) is 2.81. The fourth-order valence-electron chi connectivity index (χ4n) is 1.44. The Kier molecular flexibility index (Phi) is 2.17. The van der Waals surface area contributed by atoms with Crippen LogP contribution in [-0.4, -0.2) is 9.78 Å². The van der Waals surface area contributed by atoms with Crippen LogP contribution in [0.25, 0.3) is 0 Å². The Hall–Kier alpha value is -1.12. The first-order valence-corrected chi connectivity index (χ1v) is 4.86. The van der Waals surface area contributed by atoms with E-state index in [2.05, 4.69) is 5.10 Å². The van der Waals surface area contributed by atoms with Crippen molar-refractivity contribution in [2.24, 2.45) is 5.92 Å². The molecule has 1 aliphatic rings. The second-order valence-corrected chi connectivity index (χ2v) is 3.64. The second kappa shape index (κ2) is 3.32. The van der Waals surface area contributed by atoms with E-state index in [1.165, 1.54) is 12.8 Å². The molecule has 1 heterocycles. The van der Waals surface area contributed by atoms with Gasteiger partial charge in [-0.3, -0.25) is 4.79 Å². The summed E-state index contributed by atoms with van der Waals surface area (Å²) in [5, 5.41) is 4.07. The first kappa shape index (κ1) is 8.48. The largest absolute Gasteiger partial charge is 0.269 e. The molecule has 1 fully saturated rings. The van der Waals surface area contributed by atoms with Gasteiger partial charge in [0.1, 0.15) is 0 Å². The molecule has 0 saturated heterocycles.